The topological polar surface area (TPSA) is 38.7 Å². The first-order valence-corrected chi connectivity index (χ1v) is 5.43. The smallest absolute Gasteiger partial charge is 0.138 e. The van der Waals surface area contributed by atoms with Crippen LogP contribution in [0.15, 0.2) is 18.2 Å². The maximum Gasteiger partial charge on any atom is 0.138 e. The second-order valence-electron chi connectivity index (χ2n) is 4.26. The van der Waals surface area contributed by atoms with E-state index >= 15 is 0 Å². The summed E-state index contributed by atoms with van der Waals surface area (Å²) in [5, 5.41) is 10.1. The van der Waals surface area contributed by atoms with Crippen LogP contribution in [0.1, 0.15) is 19.4 Å². The zero-order valence-corrected chi connectivity index (χ0v) is 10.5. The lowest BCUT2D eigenvalue weighted by molar-refractivity contribution is 0.0284. The van der Waals surface area contributed by atoms with E-state index in [-0.39, 0.29) is 6.61 Å². The summed E-state index contributed by atoms with van der Waals surface area (Å²) in [7, 11) is 1.61. The van der Waals surface area contributed by atoms with Crippen LogP contribution in [-0.4, -0.2) is 24.4 Å². The van der Waals surface area contributed by atoms with Crippen molar-refractivity contribution in [1.82, 2.24) is 0 Å². The fraction of sp³-hybridized carbons (Fsp3) is 0.500. The van der Waals surface area contributed by atoms with Crippen molar-refractivity contribution in [3.63, 3.8) is 0 Å². The fourth-order valence-corrected chi connectivity index (χ4v) is 1.42. The number of methoxy groups -OCH3 is 1. The molecule has 0 saturated heterocycles. The van der Waals surface area contributed by atoms with Crippen molar-refractivity contribution >= 4 is 11.6 Å². The third-order valence-electron chi connectivity index (χ3n) is 1.92. The molecular weight excluding hydrogens is 228 g/mol. The zero-order valence-electron chi connectivity index (χ0n) is 9.79. The number of benzene rings is 1. The summed E-state index contributed by atoms with van der Waals surface area (Å²) >= 11 is 6.13. The molecule has 0 aliphatic carbocycles. The van der Waals surface area contributed by atoms with Gasteiger partial charge in [0.15, 0.2) is 0 Å². The van der Waals surface area contributed by atoms with Gasteiger partial charge in [0.05, 0.1) is 17.2 Å². The van der Waals surface area contributed by atoms with Gasteiger partial charge in [-0.05, 0) is 19.9 Å². The van der Waals surface area contributed by atoms with E-state index in [4.69, 9.17) is 21.1 Å². The van der Waals surface area contributed by atoms with Crippen molar-refractivity contribution in [3.05, 3.63) is 28.8 Å². The van der Waals surface area contributed by atoms with Crippen molar-refractivity contribution in [2.75, 3.05) is 13.7 Å². The van der Waals surface area contributed by atoms with Crippen molar-refractivity contribution in [2.24, 2.45) is 0 Å². The molecule has 0 saturated carbocycles. The zero-order chi connectivity index (χ0) is 12.2. The summed E-state index contributed by atoms with van der Waals surface area (Å²) < 4.78 is 10.5. The van der Waals surface area contributed by atoms with Gasteiger partial charge >= 0.3 is 0 Å². The molecule has 0 bridgehead atoms. The number of hydrogen-bond donors (Lipinski definition) is 1. The molecule has 0 spiro atoms. The van der Waals surface area contributed by atoms with E-state index in [2.05, 4.69) is 0 Å². The molecule has 0 radical (unpaired) electrons. The number of aliphatic hydroxyl groups is 1. The highest BCUT2D eigenvalue weighted by molar-refractivity contribution is 6.32. The van der Waals surface area contributed by atoms with Crippen LogP contribution in [-0.2, 0) is 11.3 Å². The third kappa shape index (κ3) is 4.00. The summed E-state index contributed by atoms with van der Waals surface area (Å²) in [6.45, 7) is 4.00. The van der Waals surface area contributed by atoms with Crippen LogP contribution >= 0.6 is 11.6 Å². The van der Waals surface area contributed by atoms with Crippen LogP contribution in [0, 0.1) is 0 Å². The first kappa shape index (κ1) is 13.3. The Morgan fingerprint density at radius 2 is 2.06 bits per heavy atom. The highest BCUT2D eigenvalue weighted by Crippen LogP contribution is 2.29. The predicted molar refractivity (Wildman–Crippen MR) is 64.0 cm³/mol. The standard InChI is InChI=1S/C12H17ClO3/c1-12(2,14)8-16-10-6-4-5-9(7-15-3)11(10)13/h4-6,14H,7-8H2,1-3H3. The minimum Gasteiger partial charge on any atom is -0.489 e. The van der Waals surface area contributed by atoms with Crippen molar-refractivity contribution in [1.29, 1.82) is 0 Å². The summed E-state index contributed by atoms with van der Waals surface area (Å²) in [5.41, 5.74) is -0.00181. The average Bonchev–Trinajstić information content (AvgIpc) is 2.18. The Balaban J connectivity index is 2.77. The largest absolute Gasteiger partial charge is 0.489 e. The van der Waals surface area contributed by atoms with Crippen LogP contribution in [0.2, 0.25) is 5.02 Å². The SMILES string of the molecule is COCc1cccc(OCC(C)(C)O)c1Cl. The van der Waals surface area contributed by atoms with Crippen molar-refractivity contribution < 1.29 is 14.6 Å². The van der Waals surface area contributed by atoms with Crippen molar-refractivity contribution in [2.45, 2.75) is 26.1 Å². The molecule has 0 unspecified atom stereocenters. The number of halogens is 1. The van der Waals surface area contributed by atoms with Gasteiger partial charge in [-0.1, -0.05) is 23.7 Å². The maximum absolute atomic E-state index is 9.55. The number of hydrogen-bond acceptors (Lipinski definition) is 3. The molecule has 0 aliphatic heterocycles. The van der Waals surface area contributed by atoms with E-state index in [1.807, 2.05) is 12.1 Å². The van der Waals surface area contributed by atoms with Gasteiger partial charge in [0.2, 0.25) is 0 Å². The molecule has 0 aromatic heterocycles. The van der Waals surface area contributed by atoms with E-state index in [0.29, 0.717) is 17.4 Å². The van der Waals surface area contributed by atoms with Gasteiger partial charge in [-0.15, -0.1) is 0 Å². The monoisotopic (exact) mass is 244 g/mol. The highest BCUT2D eigenvalue weighted by atomic mass is 35.5. The Bertz CT molecular complexity index is 345. The molecule has 0 heterocycles. The van der Waals surface area contributed by atoms with Gasteiger partial charge < -0.3 is 14.6 Å². The molecule has 1 rings (SSSR count). The van der Waals surface area contributed by atoms with E-state index in [1.165, 1.54) is 0 Å². The van der Waals surface area contributed by atoms with Gasteiger partial charge in [0.1, 0.15) is 12.4 Å². The van der Waals surface area contributed by atoms with Gasteiger partial charge in [0, 0.05) is 12.7 Å². The van der Waals surface area contributed by atoms with Crippen molar-refractivity contribution in [3.8, 4) is 5.75 Å². The van der Waals surface area contributed by atoms with Crippen LogP contribution in [0.5, 0.6) is 5.75 Å². The molecule has 0 atom stereocenters. The molecule has 0 aliphatic rings. The van der Waals surface area contributed by atoms with E-state index < -0.39 is 5.60 Å². The van der Waals surface area contributed by atoms with E-state index in [0.717, 1.165) is 5.56 Å². The fourth-order valence-electron chi connectivity index (χ4n) is 1.19. The molecule has 1 N–H and O–H groups in total. The Morgan fingerprint density at radius 1 is 1.38 bits per heavy atom. The molecule has 1 aromatic rings. The summed E-state index contributed by atoms with van der Waals surface area (Å²) in [6.07, 6.45) is 0. The summed E-state index contributed by atoms with van der Waals surface area (Å²) in [6, 6.07) is 5.50. The predicted octanol–water partition coefficient (Wildman–Crippen LogP) is 2.64. The van der Waals surface area contributed by atoms with Crippen LogP contribution in [0.3, 0.4) is 0 Å². The maximum atomic E-state index is 9.55. The second-order valence-corrected chi connectivity index (χ2v) is 4.64. The first-order chi connectivity index (χ1) is 7.44. The molecule has 3 nitrogen and oxygen atoms in total. The van der Waals surface area contributed by atoms with E-state index in [9.17, 15) is 5.11 Å². The average molecular weight is 245 g/mol. The Morgan fingerprint density at radius 3 is 2.62 bits per heavy atom. The summed E-state index contributed by atoms with van der Waals surface area (Å²) in [4.78, 5) is 0. The third-order valence-corrected chi connectivity index (χ3v) is 2.35. The minimum atomic E-state index is -0.874. The quantitative estimate of drug-likeness (QED) is 0.866. The molecule has 90 valence electrons. The molecule has 4 heteroatoms. The number of ether oxygens (including phenoxy) is 2. The number of rotatable bonds is 5. The lowest BCUT2D eigenvalue weighted by atomic mass is 10.1. The Kier molecular flexibility index (Phi) is 4.59. The van der Waals surface area contributed by atoms with Crippen LogP contribution < -0.4 is 4.74 Å². The highest BCUT2D eigenvalue weighted by Gasteiger charge is 2.15. The van der Waals surface area contributed by atoms with Gasteiger partial charge in [-0.3, -0.25) is 0 Å². The lowest BCUT2D eigenvalue weighted by Gasteiger charge is -2.19. The lowest BCUT2D eigenvalue weighted by Crippen LogP contribution is -2.27. The summed E-state index contributed by atoms with van der Waals surface area (Å²) in [5.74, 6) is 0.568. The van der Waals surface area contributed by atoms with Gasteiger partial charge in [-0.2, -0.15) is 0 Å². The molecule has 0 amide bonds. The Labute approximate surface area is 101 Å². The van der Waals surface area contributed by atoms with Gasteiger partial charge in [0.25, 0.3) is 0 Å². The van der Waals surface area contributed by atoms with Crippen LogP contribution in [0.4, 0.5) is 0 Å². The van der Waals surface area contributed by atoms with Crippen LogP contribution in [0.25, 0.3) is 0 Å². The molecule has 1 aromatic carbocycles. The normalized spacial score (nSPS) is 11.6. The molecular formula is C12H17ClO3. The van der Waals surface area contributed by atoms with E-state index in [1.54, 1.807) is 27.0 Å². The first-order valence-electron chi connectivity index (χ1n) is 5.05. The van der Waals surface area contributed by atoms with Gasteiger partial charge in [-0.25, -0.2) is 0 Å². The minimum absolute atomic E-state index is 0.198. The molecule has 16 heavy (non-hydrogen) atoms. The molecule has 0 fully saturated rings. The Hall–Kier alpha value is -0.770. The second kappa shape index (κ2) is 5.53.